The lowest BCUT2D eigenvalue weighted by atomic mass is 10.1. The summed E-state index contributed by atoms with van der Waals surface area (Å²) in [6.45, 7) is 0. The Hall–Kier alpha value is -1.31. The van der Waals surface area contributed by atoms with Gasteiger partial charge in [0, 0.05) is 7.11 Å². The van der Waals surface area contributed by atoms with Crippen molar-refractivity contribution < 1.29 is 13.6 Å². The van der Waals surface area contributed by atoms with Crippen LogP contribution in [0.5, 0.6) is 5.75 Å². The van der Waals surface area contributed by atoms with Gasteiger partial charge in [-0.25, -0.2) is 4.57 Å². The van der Waals surface area contributed by atoms with Crippen molar-refractivity contribution in [2.45, 2.75) is 0 Å². The van der Waals surface area contributed by atoms with Gasteiger partial charge in [-0.2, -0.15) is 0 Å². The summed E-state index contributed by atoms with van der Waals surface area (Å²) in [6.07, 6.45) is 0. The number of benzene rings is 2. The molecule has 0 radical (unpaired) electrons. The van der Waals surface area contributed by atoms with E-state index in [1.54, 1.807) is 6.07 Å². The van der Waals surface area contributed by atoms with Gasteiger partial charge in [0.05, 0.1) is 0 Å². The lowest BCUT2D eigenvalue weighted by molar-refractivity contribution is 0.349. The second kappa shape index (κ2) is 4.47. The third-order valence-electron chi connectivity index (χ3n) is 2.09. The molecule has 0 amide bonds. The molecule has 4 heteroatoms. The van der Waals surface area contributed by atoms with E-state index in [-0.39, 0.29) is 0 Å². The zero-order chi connectivity index (χ0) is 10.7. The first-order valence-corrected chi connectivity index (χ1v) is 5.76. The average molecular weight is 222 g/mol. The van der Waals surface area contributed by atoms with Crippen LogP contribution in [0.4, 0.5) is 0 Å². The Labute approximate surface area is 88.6 Å². The second-order valence-corrected chi connectivity index (χ2v) is 4.18. The predicted molar refractivity (Wildman–Crippen MR) is 60.6 cm³/mol. The minimum atomic E-state index is -2.40. The summed E-state index contributed by atoms with van der Waals surface area (Å²) in [7, 11) is -1.04. The van der Waals surface area contributed by atoms with Crippen molar-refractivity contribution in [3.63, 3.8) is 0 Å². The normalized spacial score (nSPS) is 12.6. The largest absolute Gasteiger partial charge is 0.426 e. The zero-order valence-corrected chi connectivity index (χ0v) is 9.27. The molecule has 3 nitrogen and oxygen atoms in total. The molecule has 0 aromatic heterocycles. The quantitative estimate of drug-likeness (QED) is 0.747. The van der Waals surface area contributed by atoms with E-state index >= 15 is 0 Å². The molecular formula is C11H11O3P. The molecular weight excluding hydrogens is 211 g/mol. The van der Waals surface area contributed by atoms with Crippen molar-refractivity contribution in [2.75, 3.05) is 7.11 Å². The first-order valence-electron chi connectivity index (χ1n) is 4.54. The highest BCUT2D eigenvalue weighted by Gasteiger charge is 2.00. The first kappa shape index (κ1) is 10.2. The molecule has 0 aliphatic carbocycles. The van der Waals surface area contributed by atoms with Gasteiger partial charge in [-0.05, 0) is 22.9 Å². The fraction of sp³-hybridized carbons (Fsp3) is 0.0909. The van der Waals surface area contributed by atoms with Gasteiger partial charge < -0.3 is 9.05 Å². The summed E-state index contributed by atoms with van der Waals surface area (Å²) in [5.74, 6) is 0.569. The summed E-state index contributed by atoms with van der Waals surface area (Å²) >= 11 is 0. The van der Waals surface area contributed by atoms with E-state index < -0.39 is 8.25 Å². The molecule has 15 heavy (non-hydrogen) atoms. The Balaban J connectivity index is 2.34. The lowest BCUT2D eigenvalue weighted by Gasteiger charge is -2.05. The molecule has 0 aliphatic heterocycles. The topological polar surface area (TPSA) is 35.5 Å². The van der Waals surface area contributed by atoms with Crippen molar-refractivity contribution in [2.24, 2.45) is 0 Å². The summed E-state index contributed by atoms with van der Waals surface area (Å²) in [5.41, 5.74) is 0. The lowest BCUT2D eigenvalue weighted by Crippen LogP contribution is -1.82. The average Bonchev–Trinajstić information content (AvgIpc) is 2.29. The van der Waals surface area contributed by atoms with Crippen LogP contribution in [0.1, 0.15) is 0 Å². The van der Waals surface area contributed by atoms with E-state index in [1.165, 1.54) is 7.11 Å². The molecule has 0 N–H and O–H groups in total. The molecule has 2 aromatic carbocycles. The molecule has 0 spiro atoms. The number of hydrogen-bond donors (Lipinski definition) is 0. The van der Waals surface area contributed by atoms with E-state index in [9.17, 15) is 4.57 Å². The van der Waals surface area contributed by atoms with Crippen LogP contribution in [-0.2, 0) is 9.09 Å². The molecule has 0 saturated heterocycles. The second-order valence-electron chi connectivity index (χ2n) is 3.07. The molecule has 1 atom stereocenters. The van der Waals surface area contributed by atoms with Crippen LogP contribution in [0.2, 0.25) is 0 Å². The van der Waals surface area contributed by atoms with Gasteiger partial charge in [-0.15, -0.1) is 0 Å². The SMILES string of the molecule is CO[PH](=O)Oc1ccc2ccccc2c1. The van der Waals surface area contributed by atoms with Gasteiger partial charge in [-0.1, -0.05) is 30.3 Å². The van der Waals surface area contributed by atoms with Crippen LogP contribution < -0.4 is 4.52 Å². The fourth-order valence-electron chi connectivity index (χ4n) is 1.37. The summed E-state index contributed by atoms with van der Waals surface area (Å²) in [6, 6.07) is 13.5. The molecule has 2 aromatic rings. The van der Waals surface area contributed by atoms with Crippen LogP contribution in [0.25, 0.3) is 10.8 Å². The maximum absolute atomic E-state index is 11.1. The Morgan fingerprint density at radius 2 is 1.80 bits per heavy atom. The number of rotatable bonds is 3. The maximum atomic E-state index is 11.1. The van der Waals surface area contributed by atoms with Crippen LogP contribution in [0.3, 0.4) is 0 Å². The highest BCUT2D eigenvalue weighted by molar-refractivity contribution is 7.33. The highest BCUT2D eigenvalue weighted by atomic mass is 31.1. The smallest absolute Gasteiger partial charge is 0.367 e. The Bertz CT molecular complexity index is 496. The summed E-state index contributed by atoms with van der Waals surface area (Å²) in [4.78, 5) is 0. The van der Waals surface area contributed by atoms with Gasteiger partial charge in [0.25, 0.3) is 0 Å². The molecule has 0 aliphatic rings. The van der Waals surface area contributed by atoms with Crippen LogP contribution in [0.15, 0.2) is 42.5 Å². The van der Waals surface area contributed by atoms with Crippen molar-refractivity contribution in [3.05, 3.63) is 42.5 Å². The van der Waals surface area contributed by atoms with Crippen molar-refractivity contribution in [1.82, 2.24) is 0 Å². The fourth-order valence-corrected chi connectivity index (χ4v) is 1.77. The van der Waals surface area contributed by atoms with Crippen LogP contribution >= 0.6 is 8.25 Å². The van der Waals surface area contributed by atoms with E-state index in [4.69, 9.17) is 4.52 Å². The monoisotopic (exact) mass is 222 g/mol. The first-order chi connectivity index (χ1) is 7.29. The minimum Gasteiger partial charge on any atom is -0.426 e. The van der Waals surface area contributed by atoms with Gasteiger partial charge in [0.1, 0.15) is 5.75 Å². The third-order valence-corrected chi connectivity index (χ3v) is 2.82. The van der Waals surface area contributed by atoms with E-state index in [0.717, 1.165) is 10.8 Å². The van der Waals surface area contributed by atoms with Crippen LogP contribution in [-0.4, -0.2) is 7.11 Å². The summed E-state index contributed by atoms with van der Waals surface area (Å²) in [5, 5.41) is 2.18. The molecule has 0 heterocycles. The molecule has 2 rings (SSSR count). The Morgan fingerprint density at radius 3 is 2.53 bits per heavy atom. The van der Waals surface area contributed by atoms with Gasteiger partial charge >= 0.3 is 8.25 Å². The highest BCUT2D eigenvalue weighted by Crippen LogP contribution is 2.29. The van der Waals surface area contributed by atoms with Gasteiger partial charge in [-0.3, -0.25) is 0 Å². The van der Waals surface area contributed by atoms with Crippen molar-refractivity contribution >= 4 is 19.0 Å². The predicted octanol–water partition coefficient (Wildman–Crippen LogP) is 3.25. The molecule has 0 saturated carbocycles. The maximum Gasteiger partial charge on any atom is 0.367 e. The van der Waals surface area contributed by atoms with Crippen molar-refractivity contribution in [3.8, 4) is 5.75 Å². The molecule has 78 valence electrons. The number of hydrogen-bond acceptors (Lipinski definition) is 3. The van der Waals surface area contributed by atoms with Crippen LogP contribution in [0, 0.1) is 0 Å². The van der Waals surface area contributed by atoms with E-state index in [2.05, 4.69) is 4.52 Å². The summed E-state index contributed by atoms with van der Waals surface area (Å²) < 4.78 is 20.7. The van der Waals surface area contributed by atoms with Gasteiger partial charge in [0.2, 0.25) is 0 Å². The Morgan fingerprint density at radius 1 is 1.07 bits per heavy atom. The van der Waals surface area contributed by atoms with E-state index in [0.29, 0.717) is 5.75 Å². The Kier molecular flexibility index (Phi) is 3.05. The minimum absolute atomic E-state index is 0.569. The zero-order valence-electron chi connectivity index (χ0n) is 8.27. The molecule has 0 fully saturated rings. The number of fused-ring (bicyclic) bond motifs is 1. The van der Waals surface area contributed by atoms with E-state index in [1.807, 2.05) is 36.4 Å². The molecule has 0 bridgehead atoms. The van der Waals surface area contributed by atoms with Crippen molar-refractivity contribution in [1.29, 1.82) is 0 Å². The molecule has 1 unspecified atom stereocenters. The standard InChI is InChI=1S/C11H11O3P/c1-13-15(12)14-11-7-6-9-4-2-3-5-10(9)8-11/h2-8,15H,1H3. The third kappa shape index (κ3) is 2.38. The van der Waals surface area contributed by atoms with Gasteiger partial charge in [0.15, 0.2) is 0 Å².